The number of esters is 1. The number of rotatable bonds is 6. The van der Waals surface area contributed by atoms with E-state index in [4.69, 9.17) is 9.47 Å². The number of nitrogens with one attached hydrogen (secondary N) is 1. The highest BCUT2D eigenvalue weighted by Crippen LogP contribution is 2.41. The maximum absolute atomic E-state index is 13.3. The van der Waals surface area contributed by atoms with Crippen LogP contribution in [0.1, 0.15) is 40.0 Å². The molecule has 25 heavy (non-hydrogen) atoms. The number of carbonyl (C=O) groups excluding carboxylic acids is 2. The van der Waals surface area contributed by atoms with E-state index in [0.717, 1.165) is 7.05 Å². The summed E-state index contributed by atoms with van der Waals surface area (Å²) in [6.07, 6.45) is -3.91. The van der Waals surface area contributed by atoms with Gasteiger partial charge in [0.15, 0.2) is 0 Å². The van der Waals surface area contributed by atoms with Crippen LogP contribution >= 0.6 is 0 Å². The molecule has 0 aliphatic heterocycles. The number of hydrogen-bond donors (Lipinski definition) is 1. The van der Waals surface area contributed by atoms with Crippen LogP contribution in [0, 0.1) is 0 Å². The first-order valence-electron chi connectivity index (χ1n) is 8.15. The van der Waals surface area contributed by atoms with Crippen molar-refractivity contribution in [3.63, 3.8) is 0 Å². The van der Waals surface area contributed by atoms with Gasteiger partial charge in [-0.2, -0.15) is 13.2 Å². The molecule has 1 aliphatic rings. The molecule has 1 saturated carbocycles. The molecule has 5 nitrogen and oxygen atoms in total. The first kappa shape index (κ1) is 21.2. The van der Waals surface area contributed by atoms with E-state index in [9.17, 15) is 22.8 Å². The molecule has 0 radical (unpaired) electrons. The molecule has 142 valence electrons. The lowest BCUT2D eigenvalue weighted by Crippen LogP contribution is -2.31. The quantitative estimate of drug-likeness (QED) is 0.582. The van der Waals surface area contributed by atoms with Gasteiger partial charge in [-0.1, -0.05) is 6.08 Å². The summed E-state index contributed by atoms with van der Waals surface area (Å²) in [4.78, 5) is 23.2. The Kier molecular flexibility index (Phi) is 7.66. The van der Waals surface area contributed by atoms with E-state index in [2.05, 4.69) is 0 Å². The molecule has 1 rings (SSSR count). The molecular formula is C17H24F3NO4. The molecule has 1 aliphatic carbocycles. The molecule has 1 amide bonds. The van der Waals surface area contributed by atoms with Gasteiger partial charge in [-0.25, -0.2) is 0 Å². The fraction of sp³-hybridized carbons (Fsp3) is 0.647. The first-order valence-corrected chi connectivity index (χ1v) is 8.15. The van der Waals surface area contributed by atoms with Gasteiger partial charge in [0.2, 0.25) is 0 Å². The molecule has 0 aromatic carbocycles. The van der Waals surface area contributed by atoms with Crippen molar-refractivity contribution in [1.29, 1.82) is 0 Å². The maximum atomic E-state index is 13.3. The second-order valence-corrected chi connectivity index (χ2v) is 5.66. The van der Waals surface area contributed by atoms with Gasteiger partial charge in [-0.3, -0.25) is 9.59 Å². The lowest BCUT2D eigenvalue weighted by Gasteiger charge is -2.20. The fourth-order valence-corrected chi connectivity index (χ4v) is 2.89. The number of amides is 1. The Balaban J connectivity index is 3.01. The number of hydrogen-bond acceptors (Lipinski definition) is 4. The molecule has 0 heterocycles. The van der Waals surface area contributed by atoms with Gasteiger partial charge in [0.1, 0.15) is 5.57 Å². The SMILES string of the molecule is C/C=C1\C(=C(/C(=O)NC)C(F)(F)F)CCC1OC(C)CC(=O)OCC. The molecule has 8 heteroatoms. The van der Waals surface area contributed by atoms with Crippen molar-refractivity contribution in [2.75, 3.05) is 13.7 Å². The van der Waals surface area contributed by atoms with Crippen molar-refractivity contribution in [3.05, 3.63) is 22.8 Å². The molecule has 0 saturated heterocycles. The summed E-state index contributed by atoms with van der Waals surface area (Å²) in [5.41, 5.74) is -0.901. The fourth-order valence-electron chi connectivity index (χ4n) is 2.89. The lowest BCUT2D eigenvalue weighted by molar-refractivity contribution is -0.146. The molecular weight excluding hydrogens is 339 g/mol. The van der Waals surface area contributed by atoms with Gasteiger partial charge in [0.05, 0.1) is 25.2 Å². The van der Waals surface area contributed by atoms with Crippen molar-refractivity contribution in [2.24, 2.45) is 0 Å². The van der Waals surface area contributed by atoms with Gasteiger partial charge in [-0.05, 0) is 44.8 Å². The normalized spacial score (nSPS) is 22.7. The Labute approximate surface area is 145 Å². The van der Waals surface area contributed by atoms with Crippen LogP contribution in [0.2, 0.25) is 0 Å². The van der Waals surface area contributed by atoms with Crippen molar-refractivity contribution in [3.8, 4) is 0 Å². The molecule has 2 unspecified atom stereocenters. The molecule has 0 aromatic heterocycles. The van der Waals surface area contributed by atoms with E-state index in [1.54, 1.807) is 20.8 Å². The molecule has 0 spiro atoms. The van der Waals surface area contributed by atoms with E-state index >= 15 is 0 Å². The van der Waals surface area contributed by atoms with Crippen molar-refractivity contribution in [1.82, 2.24) is 5.32 Å². The van der Waals surface area contributed by atoms with Crippen LogP contribution < -0.4 is 5.32 Å². The third-order valence-electron chi connectivity index (χ3n) is 3.86. The van der Waals surface area contributed by atoms with Gasteiger partial charge in [0.25, 0.3) is 5.91 Å². The minimum Gasteiger partial charge on any atom is -0.466 e. The van der Waals surface area contributed by atoms with Crippen molar-refractivity contribution in [2.45, 2.75) is 58.4 Å². The minimum atomic E-state index is -4.75. The zero-order valence-corrected chi connectivity index (χ0v) is 14.8. The van der Waals surface area contributed by atoms with Gasteiger partial charge in [0, 0.05) is 7.05 Å². The number of allylic oxidation sites excluding steroid dienone is 1. The Morgan fingerprint density at radius 1 is 1.40 bits per heavy atom. The summed E-state index contributed by atoms with van der Waals surface area (Å²) in [6.45, 7) is 5.20. The number of alkyl halides is 3. The molecule has 0 bridgehead atoms. The third-order valence-corrected chi connectivity index (χ3v) is 3.86. The average Bonchev–Trinajstić information content (AvgIpc) is 2.87. The number of halogens is 3. The van der Waals surface area contributed by atoms with Gasteiger partial charge >= 0.3 is 12.1 Å². The maximum Gasteiger partial charge on any atom is 0.421 e. The van der Waals surface area contributed by atoms with Crippen LogP contribution in [0.3, 0.4) is 0 Å². The van der Waals surface area contributed by atoms with E-state index in [-0.39, 0.29) is 25.0 Å². The van der Waals surface area contributed by atoms with Crippen LogP contribution in [0.15, 0.2) is 22.8 Å². The molecule has 2 atom stereocenters. The van der Waals surface area contributed by atoms with Crippen LogP contribution in [-0.4, -0.2) is 43.9 Å². The van der Waals surface area contributed by atoms with Crippen LogP contribution in [0.4, 0.5) is 13.2 Å². The van der Waals surface area contributed by atoms with Gasteiger partial charge in [-0.15, -0.1) is 0 Å². The third kappa shape index (κ3) is 5.59. The summed E-state index contributed by atoms with van der Waals surface area (Å²) in [5.74, 6) is -1.59. The standard InChI is InChI=1S/C17H24F3NO4/c1-5-11-12(15(16(23)21-4)17(18,19)20)7-8-13(11)25-10(3)9-14(22)24-6-2/h5,10,13H,6-9H2,1-4H3,(H,21,23)/b11-5+,15-12+. The number of likely N-dealkylation sites (N-methyl/N-ethyl adjacent to an activating group) is 1. The number of ether oxygens (including phenoxy) is 2. The smallest absolute Gasteiger partial charge is 0.421 e. The molecule has 0 aromatic rings. The molecule has 1 N–H and O–H groups in total. The first-order chi connectivity index (χ1) is 11.6. The predicted molar refractivity (Wildman–Crippen MR) is 85.7 cm³/mol. The van der Waals surface area contributed by atoms with Crippen LogP contribution in [0.25, 0.3) is 0 Å². The summed E-state index contributed by atoms with van der Waals surface area (Å²) in [7, 11) is 1.16. The second kappa shape index (κ2) is 9.03. The van der Waals surface area contributed by atoms with E-state index in [0.29, 0.717) is 12.0 Å². The molecule has 1 fully saturated rings. The predicted octanol–water partition coefficient (Wildman–Crippen LogP) is 3.06. The van der Waals surface area contributed by atoms with Crippen LogP contribution in [-0.2, 0) is 19.1 Å². The summed E-state index contributed by atoms with van der Waals surface area (Å²) >= 11 is 0. The second-order valence-electron chi connectivity index (χ2n) is 5.66. The van der Waals surface area contributed by atoms with Crippen molar-refractivity contribution < 1.29 is 32.2 Å². The largest absolute Gasteiger partial charge is 0.466 e. The number of carbonyl (C=O) groups is 2. The zero-order chi connectivity index (χ0) is 19.2. The average molecular weight is 363 g/mol. The minimum absolute atomic E-state index is 0.0158. The Morgan fingerprint density at radius 3 is 2.52 bits per heavy atom. The highest BCUT2D eigenvalue weighted by Gasteiger charge is 2.44. The highest BCUT2D eigenvalue weighted by molar-refractivity contribution is 5.96. The van der Waals surface area contributed by atoms with Crippen molar-refractivity contribution >= 4 is 11.9 Å². The Bertz CT molecular complexity index is 567. The van der Waals surface area contributed by atoms with E-state index in [1.165, 1.54) is 6.08 Å². The van der Waals surface area contributed by atoms with Gasteiger partial charge < -0.3 is 14.8 Å². The summed E-state index contributed by atoms with van der Waals surface area (Å²) in [5, 5.41) is 2.04. The van der Waals surface area contributed by atoms with E-state index in [1.807, 2.05) is 5.32 Å². The Morgan fingerprint density at radius 2 is 2.04 bits per heavy atom. The zero-order valence-electron chi connectivity index (χ0n) is 14.8. The highest BCUT2D eigenvalue weighted by atomic mass is 19.4. The lowest BCUT2D eigenvalue weighted by atomic mass is 10.0. The topological polar surface area (TPSA) is 64.6 Å². The summed E-state index contributed by atoms with van der Waals surface area (Å²) < 4.78 is 50.5. The Hall–Kier alpha value is -1.83. The van der Waals surface area contributed by atoms with Crippen LogP contribution in [0.5, 0.6) is 0 Å². The monoisotopic (exact) mass is 363 g/mol. The summed E-state index contributed by atoms with van der Waals surface area (Å²) in [6, 6.07) is 0. The van der Waals surface area contributed by atoms with E-state index < -0.39 is 35.8 Å².